The number of aliphatic hydroxyl groups is 1. The van der Waals surface area contributed by atoms with Crippen molar-refractivity contribution in [3.63, 3.8) is 0 Å². The Morgan fingerprint density at radius 2 is 1.53 bits per heavy atom. The van der Waals surface area contributed by atoms with Crippen molar-refractivity contribution >= 4 is 64.1 Å². The first-order chi connectivity index (χ1) is 25.0. The maximum absolute atomic E-state index is 12.9. The molecule has 7 N–H and O–H groups in total. The number of hydrogen-bond donors (Lipinski definition) is 7. The van der Waals surface area contributed by atoms with Gasteiger partial charge in [-0.15, -0.1) is 0 Å². The Labute approximate surface area is 304 Å². The third-order valence-electron chi connectivity index (χ3n) is 8.34. The fourth-order valence-corrected chi connectivity index (χ4v) is 5.68. The van der Waals surface area contributed by atoms with Crippen LogP contribution in [0, 0.1) is 0 Å². The summed E-state index contributed by atoms with van der Waals surface area (Å²) in [6, 6.07) is 6.25. The number of aliphatic carboxylic acids is 4. The maximum Gasteiger partial charge on any atom is 0.336 e. The van der Waals surface area contributed by atoms with Crippen LogP contribution in [0.25, 0.3) is 11.0 Å². The number of fused-ring (bicyclic) bond motifs is 1. The molecule has 3 aromatic rings. The van der Waals surface area contributed by atoms with Gasteiger partial charge in [-0.3, -0.25) is 19.2 Å². The molecule has 1 amide bonds. The van der Waals surface area contributed by atoms with Gasteiger partial charge >= 0.3 is 23.9 Å². The quantitative estimate of drug-likeness (QED) is 0.132. The number of amides is 1. The number of Topliss-reactive ketones (excluding diaryl/α,β-unsaturated/α-hetero) is 1. The molecule has 0 atom stereocenters. The van der Waals surface area contributed by atoms with Crippen molar-refractivity contribution in [2.45, 2.75) is 69.9 Å². The Balaban J connectivity index is 0.000000298. The molecule has 19 nitrogen and oxygen atoms in total. The SMILES string of the molecule is CC(=O)CCC(=O)O.CN(C)C(=O)c1cc2cnc(Nc3ccc(N4CCNCC4)cn3)nc2n1C1CCCC1.O=C(O)CC(O)(CC(=O)O)C(=O)O. The number of piperazine rings is 1. The highest BCUT2D eigenvalue weighted by Crippen LogP contribution is 2.35. The molecule has 0 radical (unpaired) electrons. The predicted octanol–water partition coefficient (Wildman–Crippen LogP) is 1.99. The molecule has 2 fully saturated rings. The molecule has 1 aliphatic heterocycles. The zero-order chi connectivity index (χ0) is 39.3. The lowest BCUT2D eigenvalue weighted by atomic mass is 9.96. The topological polar surface area (TPSA) is 278 Å². The van der Waals surface area contributed by atoms with E-state index in [1.54, 1.807) is 25.2 Å². The van der Waals surface area contributed by atoms with Crippen molar-refractivity contribution in [1.29, 1.82) is 0 Å². The Bertz CT molecular complexity index is 1740. The van der Waals surface area contributed by atoms with Crippen molar-refractivity contribution in [3.8, 4) is 0 Å². The van der Waals surface area contributed by atoms with Gasteiger partial charge in [-0.1, -0.05) is 12.8 Å². The van der Waals surface area contributed by atoms with Crippen molar-refractivity contribution in [2.75, 3.05) is 50.5 Å². The number of ketones is 1. The largest absolute Gasteiger partial charge is 0.481 e. The number of aromatic nitrogens is 4. The highest BCUT2D eigenvalue weighted by molar-refractivity contribution is 5.98. The van der Waals surface area contributed by atoms with E-state index in [4.69, 9.17) is 30.5 Å². The van der Waals surface area contributed by atoms with Gasteiger partial charge in [-0.2, -0.15) is 4.98 Å². The number of carboxylic acid groups (broad SMARTS) is 4. The standard InChI is InChI=1S/C23H30N8O.C6H8O7.C5H8O3/c1-29(2)22(32)19-13-16-14-26-23(28-21(16)31(19)17-5-3-4-6-17)27-20-8-7-18(15-25-20)30-11-9-24-10-12-30;7-3(8)1-6(13,5(11)12)2-4(9)10;1-4(6)2-3-5(7)8/h7-8,13-15,17,24H,3-6,9-12H2,1-2H3,(H,25,26,27,28);13H,1-2H2,(H,7,8)(H,9,10)(H,11,12);2-3H2,1H3,(H,7,8). The van der Waals surface area contributed by atoms with Crippen LogP contribution in [0.3, 0.4) is 0 Å². The molecule has 0 bridgehead atoms. The average molecular weight is 743 g/mol. The number of carbonyl (C=O) groups is 6. The van der Waals surface area contributed by atoms with Gasteiger partial charge in [-0.05, 0) is 38.0 Å². The van der Waals surface area contributed by atoms with Crippen LogP contribution in [0.4, 0.5) is 17.5 Å². The van der Waals surface area contributed by atoms with Gasteiger partial charge in [0.1, 0.15) is 22.9 Å². The molecule has 4 heterocycles. The average Bonchev–Trinajstić information content (AvgIpc) is 3.75. The first kappa shape index (κ1) is 41.7. The van der Waals surface area contributed by atoms with Crippen LogP contribution in [0.5, 0.6) is 0 Å². The van der Waals surface area contributed by atoms with Gasteiger partial charge < -0.3 is 55.3 Å². The summed E-state index contributed by atoms with van der Waals surface area (Å²) >= 11 is 0. The van der Waals surface area contributed by atoms with Crippen molar-refractivity contribution in [3.05, 3.63) is 36.3 Å². The van der Waals surface area contributed by atoms with Crippen molar-refractivity contribution in [1.82, 2.24) is 29.7 Å². The van der Waals surface area contributed by atoms with E-state index in [1.165, 1.54) is 19.8 Å². The van der Waals surface area contributed by atoms with E-state index >= 15 is 0 Å². The molecule has 19 heteroatoms. The van der Waals surface area contributed by atoms with Crippen molar-refractivity contribution in [2.24, 2.45) is 0 Å². The molecule has 0 spiro atoms. The third-order valence-corrected chi connectivity index (χ3v) is 8.34. The van der Waals surface area contributed by atoms with Gasteiger partial charge in [0.05, 0.1) is 31.1 Å². The summed E-state index contributed by atoms with van der Waals surface area (Å²) in [5, 5.41) is 49.3. The van der Waals surface area contributed by atoms with E-state index in [1.807, 2.05) is 18.3 Å². The summed E-state index contributed by atoms with van der Waals surface area (Å²) in [6.45, 7) is 5.34. The minimum absolute atomic E-state index is 0.00502. The van der Waals surface area contributed by atoms with Crippen molar-refractivity contribution < 1.29 is 54.3 Å². The zero-order valence-electron chi connectivity index (χ0n) is 29.8. The van der Waals surface area contributed by atoms with E-state index in [9.17, 15) is 28.8 Å². The van der Waals surface area contributed by atoms with Crippen LogP contribution in [0.15, 0.2) is 30.6 Å². The lowest BCUT2D eigenvalue weighted by molar-refractivity contribution is -0.170. The molecule has 1 saturated heterocycles. The second-order valence-corrected chi connectivity index (χ2v) is 12.8. The number of carboxylic acids is 4. The number of hydrogen-bond acceptors (Lipinski definition) is 13. The second-order valence-electron chi connectivity index (χ2n) is 12.8. The Morgan fingerprint density at radius 3 is 2.00 bits per heavy atom. The van der Waals surface area contributed by atoms with Crippen LogP contribution in [0.1, 0.15) is 74.8 Å². The molecule has 288 valence electrons. The molecule has 1 saturated carbocycles. The van der Waals surface area contributed by atoms with Crippen LogP contribution in [0.2, 0.25) is 0 Å². The summed E-state index contributed by atoms with van der Waals surface area (Å²) in [4.78, 5) is 81.0. The van der Waals surface area contributed by atoms with Gasteiger partial charge in [0.25, 0.3) is 5.91 Å². The van der Waals surface area contributed by atoms with Crippen LogP contribution >= 0.6 is 0 Å². The van der Waals surface area contributed by atoms with E-state index in [2.05, 4.69) is 36.1 Å². The van der Waals surface area contributed by atoms with Gasteiger partial charge in [0, 0.05) is 64.3 Å². The fourth-order valence-electron chi connectivity index (χ4n) is 5.68. The molecule has 53 heavy (non-hydrogen) atoms. The normalized spacial score (nSPS) is 14.3. The Kier molecular flexibility index (Phi) is 15.1. The molecule has 0 aromatic carbocycles. The molecule has 3 aromatic heterocycles. The van der Waals surface area contributed by atoms with E-state index < -0.39 is 42.3 Å². The summed E-state index contributed by atoms with van der Waals surface area (Å²) in [5.41, 5.74) is -0.133. The lowest BCUT2D eigenvalue weighted by Gasteiger charge is -2.29. The van der Waals surface area contributed by atoms with E-state index in [0.717, 1.165) is 55.7 Å². The summed E-state index contributed by atoms with van der Waals surface area (Å²) in [7, 11) is 3.57. The molecule has 5 rings (SSSR count). The number of nitrogens with one attached hydrogen (secondary N) is 2. The van der Waals surface area contributed by atoms with Crippen LogP contribution in [-0.4, -0.2) is 131 Å². The predicted molar refractivity (Wildman–Crippen MR) is 190 cm³/mol. The number of rotatable bonds is 13. The van der Waals surface area contributed by atoms with Gasteiger partial charge in [-0.25, -0.2) is 14.8 Å². The first-order valence-electron chi connectivity index (χ1n) is 16.9. The van der Waals surface area contributed by atoms with E-state index in [0.29, 0.717) is 23.5 Å². The minimum Gasteiger partial charge on any atom is -0.481 e. The smallest absolute Gasteiger partial charge is 0.336 e. The van der Waals surface area contributed by atoms with Crippen LogP contribution in [-0.2, 0) is 24.0 Å². The maximum atomic E-state index is 12.9. The number of anilines is 3. The molecular weight excluding hydrogens is 696 g/mol. The highest BCUT2D eigenvalue weighted by atomic mass is 16.4. The molecule has 0 unspecified atom stereocenters. The zero-order valence-corrected chi connectivity index (χ0v) is 29.8. The summed E-state index contributed by atoms with van der Waals surface area (Å²) in [6.07, 6.45) is 5.99. The molecule has 1 aliphatic carbocycles. The molecular formula is C34H46N8O11. The Hall–Kier alpha value is -5.69. The van der Waals surface area contributed by atoms with Crippen LogP contribution < -0.4 is 15.5 Å². The third kappa shape index (κ3) is 12.5. The highest BCUT2D eigenvalue weighted by Gasteiger charge is 2.40. The second kappa shape index (κ2) is 19.2. The summed E-state index contributed by atoms with van der Waals surface area (Å²) in [5.74, 6) is -4.83. The fraction of sp³-hybridized carbons (Fsp3) is 0.500. The number of nitrogens with zero attached hydrogens (tertiary/aromatic N) is 6. The lowest BCUT2D eigenvalue weighted by Crippen LogP contribution is -2.43. The number of pyridine rings is 1. The minimum atomic E-state index is -2.74. The van der Waals surface area contributed by atoms with Gasteiger partial charge in [0.15, 0.2) is 5.60 Å². The van der Waals surface area contributed by atoms with Gasteiger partial charge in [0.2, 0.25) is 5.95 Å². The molecule has 2 aliphatic rings. The Morgan fingerprint density at radius 1 is 0.906 bits per heavy atom. The first-order valence-corrected chi connectivity index (χ1v) is 16.9. The number of carbonyl (C=O) groups excluding carboxylic acids is 2. The summed E-state index contributed by atoms with van der Waals surface area (Å²) < 4.78 is 2.12. The van der Waals surface area contributed by atoms with E-state index in [-0.39, 0.29) is 24.5 Å². The monoisotopic (exact) mass is 742 g/mol.